The molecule has 0 aromatic heterocycles. The minimum absolute atomic E-state index is 0.0472. The lowest BCUT2D eigenvalue weighted by molar-refractivity contribution is 0.0809. The van der Waals surface area contributed by atoms with E-state index in [9.17, 15) is 21.2 Å². The summed E-state index contributed by atoms with van der Waals surface area (Å²) < 4.78 is 73.6. The monoisotopic (exact) mass is 536 g/mol. The van der Waals surface area contributed by atoms with Crippen LogP contribution in [0.5, 0.6) is 5.75 Å². The van der Waals surface area contributed by atoms with Crippen molar-refractivity contribution in [1.82, 2.24) is 9.03 Å². The molecule has 0 amide bonds. The van der Waals surface area contributed by atoms with Gasteiger partial charge in [0, 0.05) is 30.7 Å². The molecule has 1 aliphatic rings. The van der Waals surface area contributed by atoms with Crippen LogP contribution in [0.2, 0.25) is 10.0 Å². The van der Waals surface area contributed by atoms with E-state index < -0.39 is 31.4 Å². The number of nitrogens with two attached hydrogens (primary N) is 1. The zero-order chi connectivity index (χ0) is 24.4. The molecule has 0 atom stereocenters. The highest BCUT2D eigenvalue weighted by Gasteiger charge is 2.51. The molecule has 1 saturated heterocycles. The van der Waals surface area contributed by atoms with Crippen LogP contribution in [0.15, 0.2) is 41.3 Å². The molecule has 3 N–H and O–H groups in total. The minimum atomic E-state index is -4.06. The van der Waals surface area contributed by atoms with Crippen LogP contribution < -0.4 is 15.2 Å². The Morgan fingerprint density at radius 2 is 1.88 bits per heavy atom. The highest BCUT2D eigenvalue weighted by atomic mass is 35.5. The second kappa shape index (κ2) is 9.71. The van der Waals surface area contributed by atoms with Gasteiger partial charge in [0.2, 0.25) is 20.0 Å². The molecule has 0 aliphatic carbocycles. The second-order valence-corrected chi connectivity index (χ2v) is 12.0. The summed E-state index contributed by atoms with van der Waals surface area (Å²) in [5.41, 5.74) is 3.84. The van der Waals surface area contributed by atoms with Crippen molar-refractivity contribution in [2.24, 2.45) is 5.73 Å². The van der Waals surface area contributed by atoms with Crippen LogP contribution in [0.3, 0.4) is 0 Å². The van der Waals surface area contributed by atoms with Gasteiger partial charge in [-0.25, -0.2) is 25.9 Å². The first kappa shape index (κ1) is 25.6. The number of sulfonamides is 2. The molecule has 14 heteroatoms. The normalized spacial score (nSPS) is 16.1. The van der Waals surface area contributed by atoms with E-state index in [0.717, 1.165) is 10.4 Å². The molecule has 0 bridgehead atoms. The maximum atomic E-state index is 13.9. The predicted octanol–water partition coefficient (Wildman–Crippen LogP) is 1.70. The molecule has 3 rings (SSSR count). The molecule has 0 unspecified atom stereocenters. The number of hydrogen-bond acceptors (Lipinski definition) is 7. The van der Waals surface area contributed by atoms with Gasteiger partial charge in [0.25, 0.3) is 0 Å². The fourth-order valence-corrected chi connectivity index (χ4v) is 6.86. The van der Waals surface area contributed by atoms with Gasteiger partial charge in [-0.3, -0.25) is 0 Å². The van der Waals surface area contributed by atoms with E-state index in [4.69, 9.17) is 38.9 Å². The summed E-state index contributed by atoms with van der Waals surface area (Å²) in [6.45, 7) is -0.980. The van der Waals surface area contributed by atoms with E-state index >= 15 is 0 Å². The van der Waals surface area contributed by atoms with E-state index in [0.29, 0.717) is 0 Å². The Morgan fingerprint density at radius 1 is 1.18 bits per heavy atom. The standard InChI is InChI=1S/C19H19Cl2FN4O5S2/c20-14-2-4-18(16(21)7-14)33(29,30)26-10-19(11-26,25-32(27,28)6-5-23)12-31-15-3-1-13(9-24)17(22)8-15/h1-4,7-8,25H,5-6,10-12,23H2. The fraction of sp³-hybridized carbons (Fsp3) is 0.316. The maximum absolute atomic E-state index is 13.9. The first-order chi connectivity index (χ1) is 15.4. The Balaban J connectivity index is 1.83. The molecular weight excluding hydrogens is 518 g/mol. The molecule has 2 aromatic rings. The first-order valence-electron chi connectivity index (χ1n) is 9.41. The van der Waals surface area contributed by atoms with Crippen molar-refractivity contribution in [3.8, 4) is 11.8 Å². The number of nitrogens with one attached hydrogen (secondary N) is 1. The van der Waals surface area contributed by atoms with E-state index in [2.05, 4.69) is 4.72 Å². The van der Waals surface area contributed by atoms with Crippen molar-refractivity contribution in [1.29, 1.82) is 5.26 Å². The quantitative estimate of drug-likeness (QED) is 0.496. The van der Waals surface area contributed by atoms with Crippen LogP contribution in [0.25, 0.3) is 0 Å². The highest BCUT2D eigenvalue weighted by molar-refractivity contribution is 7.90. The number of nitriles is 1. The van der Waals surface area contributed by atoms with Crippen molar-refractivity contribution < 1.29 is 26.0 Å². The molecule has 1 fully saturated rings. The molecule has 9 nitrogen and oxygen atoms in total. The Labute approximate surface area is 200 Å². The molecule has 0 radical (unpaired) electrons. The van der Waals surface area contributed by atoms with E-state index in [-0.39, 0.29) is 58.2 Å². The van der Waals surface area contributed by atoms with Gasteiger partial charge in [-0.1, -0.05) is 23.2 Å². The summed E-state index contributed by atoms with van der Waals surface area (Å²) in [4.78, 5) is -0.179. The molecule has 0 saturated carbocycles. The lowest BCUT2D eigenvalue weighted by Gasteiger charge is -2.48. The summed E-state index contributed by atoms with van der Waals surface area (Å²) in [5, 5.41) is 9.01. The van der Waals surface area contributed by atoms with Crippen LogP contribution in [-0.4, -0.2) is 58.7 Å². The predicted molar refractivity (Wildman–Crippen MR) is 121 cm³/mol. The Morgan fingerprint density at radius 3 is 2.45 bits per heavy atom. The summed E-state index contributed by atoms with van der Waals surface area (Å²) in [5.74, 6) is -1.13. The summed E-state index contributed by atoms with van der Waals surface area (Å²) in [7, 11) is -7.91. The van der Waals surface area contributed by atoms with Gasteiger partial charge in [0.05, 0.1) is 21.9 Å². The molecule has 178 valence electrons. The average molecular weight is 537 g/mol. The van der Waals surface area contributed by atoms with Gasteiger partial charge < -0.3 is 10.5 Å². The van der Waals surface area contributed by atoms with Crippen molar-refractivity contribution in [2.75, 3.05) is 32.0 Å². The smallest absolute Gasteiger partial charge is 0.244 e. The van der Waals surface area contributed by atoms with Crippen molar-refractivity contribution in [2.45, 2.75) is 10.4 Å². The fourth-order valence-electron chi connectivity index (χ4n) is 3.24. The van der Waals surface area contributed by atoms with Crippen molar-refractivity contribution >= 4 is 43.2 Å². The SMILES string of the molecule is N#Cc1ccc(OCC2(NS(=O)(=O)CCN)CN(S(=O)(=O)c3ccc(Cl)cc3Cl)C2)cc1F. The van der Waals surface area contributed by atoms with Crippen LogP contribution >= 0.6 is 23.2 Å². The van der Waals surface area contributed by atoms with Crippen LogP contribution in [0.1, 0.15) is 5.56 Å². The second-order valence-electron chi connectivity index (χ2n) is 7.38. The number of rotatable bonds is 9. The van der Waals surface area contributed by atoms with E-state index in [1.54, 1.807) is 6.07 Å². The first-order valence-corrected chi connectivity index (χ1v) is 13.3. The van der Waals surface area contributed by atoms with E-state index in [1.165, 1.54) is 30.3 Å². The molecule has 2 aromatic carbocycles. The van der Waals surface area contributed by atoms with Gasteiger partial charge in [-0.15, -0.1) is 0 Å². The summed E-state index contributed by atoms with van der Waals surface area (Å²) >= 11 is 11.9. The van der Waals surface area contributed by atoms with Crippen LogP contribution in [-0.2, 0) is 20.0 Å². The van der Waals surface area contributed by atoms with Crippen LogP contribution in [0.4, 0.5) is 4.39 Å². The number of hydrogen-bond donors (Lipinski definition) is 2. The number of nitrogens with zero attached hydrogens (tertiary/aromatic N) is 2. The van der Waals surface area contributed by atoms with E-state index in [1.807, 2.05) is 0 Å². The summed E-state index contributed by atoms with van der Waals surface area (Å²) in [6, 6.07) is 9.16. The molecule has 33 heavy (non-hydrogen) atoms. The Bertz CT molecular complexity index is 1310. The van der Waals surface area contributed by atoms with Crippen molar-refractivity contribution in [3.05, 3.63) is 57.8 Å². The number of halogens is 3. The molecular formula is C19H19Cl2FN4O5S2. The third kappa shape index (κ3) is 5.75. The Kier molecular flexibility index (Phi) is 7.55. The van der Waals surface area contributed by atoms with Gasteiger partial charge in [0.1, 0.15) is 29.1 Å². The molecule has 0 spiro atoms. The van der Waals surface area contributed by atoms with Gasteiger partial charge in [-0.05, 0) is 30.3 Å². The molecule has 1 aliphatic heterocycles. The Hall–Kier alpha value is -1.98. The lowest BCUT2D eigenvalue weighted by Crippen LogP contribution is -2.73. The lowest BCUT2D eigenvalue weighted by atomic mass is 9.95. The third-order valence-electron chi connectivity index (χ3n) is 4.80. The van der Waals surface area contributed by atoms with Crippen LogP contribution in [0, 0.1) is 17.1 Å². The summed E-state index contributed by atoms with van der Waals surface area (Å²) in [6.07, 6.45) is 0. The van der Waals surface area contributed by atoms with Gasteiger partial charge in [-0.2, -0.15) is 9.57 Å². The van der Waals surface area contributed by atoms with Gasteiger partial charge in [0.15, 0.2) is 0 Å². The largest absolute Gasteiger partial charge is 0.491 e. The van der Waals surface area contributed by atoms with Crippen molar-refractivity contribution in [3.63, 3.8) is 0 Å². The minimum Gasteiger partial charge on any atom is -0.491 e. The van der Waals surface area contributed by atoms with Gasteiger partial charge >= 0.3 is 0 Å². The zero-order valence-corrected chi connectivity index (χ0v) is 20.1. The molecule has 1 heterocycles. The topological polar surface area (TPSA) is 143 Å². The third-order valence-corrected chi connectivity index (χ3v) is 8.83. The number of ether oxygens (including phenoxy) is 1. The number of benzene rings is 2. The average Bonchev–Trinajstić information content (AvgIpc) is 2.69. The zero-order valence-electron chi connectivity index (χ0n) is 17.0. The maximum Gasteiger partial charge on any atom is 0.244 e. The highest BCUT2D eigenvalue weighted by Crippen LogP contribution is 2.34.